The number of rotatable bonds is 6. The van der Waals surface area contributed by atoms with Crippen molar-refractivity contribution in [2.45, 2.75) is 25.4 Å². The summed E-state index contributed by atoms with van der Waals surface area (Å²) in [7, 11) is 1.70. The molecule has 3 aliphatic heterocycles. The zero-order valence-electron chi connectivity index (χ0n) is 15.6. The quantitative estimate of drug-likeness (QED) is 0.768. The molecule has 3 aliphatic rings. The van der Waals surface area contributed by atoms with Crippen LogP contribution in [0.15, 0.2) is 41.2 Å². The SMILES string of the molecule is COc1ccccc1/C=C/CN1C[C@@H]2CC[C@H](C1)N(Cc1cscn1)C2=O. The van der Waals surface area contributed by atoms with Crippen LogP contribution in [0.1, 0.15) is 24.1 Å². The number of para-hydroxylation sites is 1. The summed E-state index contributed by atoms with van der Waals surface area (Å²) in [5.41, 5.74) is 3.92. The van der Waals surface area contributed by atoms with Gasteiger partial charge >= 0.3 is 0 Å². The molecule has 6 heteroatoms. The Morgan fingerprint density at radius 2 is 2.19 bits per heavy atom. The lowest BCUT2D eigenvalue weighted by molar-refractivity contribution is -0.140. The maximum Gasteiger partial charge on any atom is 0.227 e. The van der Waals surface area contributed by atoms with Crippen LogP contribution < -0.4 is 4.74 Å². The van der Waals surface area contributed by atoms with Crippen molar-refractivity contribution in [1.29, 1.82) is 0 Å². The molecule has 0 aliphatic carbocycles. The largest absolute Gasteiger partial charge is 0.496 e. The molecule has 142 valence electrons. The number of carbonyl (C=O) groups excluding carboxylic acids is 1. The highest BCUT2D eigenvalue weighted by Crippen LogP contribution is 2.30. The molecule has 3 fully saturated rings. The van der Waals surface area contributed by atoms with E-state index in [-0.39, 0.29) is 12.0 Å². The molecule has 3 saturated heterocycles. The lowest BCUT2D eigenvalue weighted by Crippen LogP contribution is -2.47. The molecule has 0 N–H and O–H groups in total. The number of methoxy groups -OCH3 is 1. The number of nitrogens with zero attached hydrogens (tertiary/aromatic N) is 3. The first-order chi connectivity index (χ1) is 13.2. The van der Waals surface area contributed by atoms with Gasteiger partial charge in [0.15, 0.2) is 0 Å². The van der Waals surface area contributed by atoms with E-state index in [9.17, 15) is 4.79 Å². The minimum atomic E-state index is 0.113. The number of carbonyl (C=O) groups is 1. The fourth-order valence-electron chi connectivity index (χ4n) is 4.11. The maximum atomic E-state index is 12.9. The highest BCUT2D eigenvalue weighted by molar-refractivity contribution is 7.07. The lowest BCUT2D eigenvalue weighted by Gasteiger charge is -2.35. The third kappa shape index (κ3) is 4.06. The van der Waals surface area contributed by atoms with Gasteiger partial charge in [-0.3, -0.25) is 9.69 Å². The zero-order chi connectivity index (χ0) is 18.6. The van der Waals surface area contributed by atoms with Crippen LogP contribution in [-0.2, 0) is 11.3 Å². The summed E-state index contributed by atoms with van der Waals surface area (Å²) >= 11 is 1.59. The van der Waals surface area contributed by atoms with E-state index in [1.165, 1.54) is 0 Å². The van der Waals surface area contributed by atoms with Gasteiger partial charge in [-0.25, -0.2) is 4.98 Å². The van der Waals surface area contributed by atoms with E-state index in [0.717, 1.165) is 49.5 Å². The molecule has 2 bridgehead atoms. The highest BCUT2D eigenvalue weighted by Gasteiger charge is 2.40. The van der Waals surface area contributed by atoms with Crippen LogP contribution in [-0.4, -0.2) is 53.5 Å². The summed E-state index contributed by atoms with van der Waals surface area (Å²) in [5.74, 6) is 1.30. The van der Waals surface area contributed by atoms with Gasteiger partial charge in [-0.05, 0) is 18.9 Å². The van der Waals surface area contributed by atoms with E-state index in [2.05, 4.69) is 33.0 Å². The number of aromatic nitrogens is 1. The van der Waals surface area contributed by atoms with Gasteiger partial charge in [-0.15, -0.1) is 11.3 Å². The summed E-state index contributed by atoms with van der Waals surface area (Å²) < 4.78 is 5.41. The van der Waals surface area contributed by atoms with Crippen LogP contribution >= 0.6 is 11.3 Å². The standard InChI is InChI=1S/C21H25N3O2S/c1-26-20-7-3-2-5-16(20)6-4-10-23-11-17-8-9-19(13-23)24(21(17)25)12-18-14-27-15-22-18/h2-7,14-15,17,19H,8-13H2,1H3/b6-4+/t17-,19+/m0/s1. The number of fused-ring (bicyclic) bond motifs is 4. The van der Waals surface area contributed by atoms with Gasteiger partial charge in [0, 0.05) is 36.6 Å². The van der Waals surface area contributed by atoms with E-state index in [1.54, 1.807) is 18.4 Å². The number of amides is 1. The number of benzene rings is 1. The molecule has 27 heavy (non-hydrogen) atoms. The maximum absolute atomic E-state index is 12.9. The Balaban J connectivity index is 1.42. The fourth-order valence-corrected chi connectivity index (χ4v) is 4.66. The molecule has 1 aromatic heterocycles. The van der Waals surface area contributed by atoms with Crippen LogP contribution in [0.5, 0.6) is 5.75 Å². The Labute approximate surface area is 164 Å². The molecule has 5 nitrogen and oxygen atoms in total. The number of ether oxygens (including phenoxy) is 1. The van der Waals surface area contributed by atoms with Crippen LogP contribution in [0.4, 0.5) is 0 Å². The second-order valence-electron chi connectivity index (χ2n) is 7.24. The van der Waals surface area contributed by atoms with Crippen LogP contribution in [0, 0.1) is 5.92 Å². The van der Waals surface area contributed by atoms with Crippen molar-refractivity contribution in [3.05, 3.63) is 52.5 Å². The van der Waals surface area contributed by atoms with Crippen LogP contribution in [0.2, 0.25) is 0 Å². The first-order valence-electron chi connectivity index (χ1n) is 9.44. The highest BCUT2D eigenvalue weighted by atomic mass is 32.1. The average molecular weight is 384 g/mol. The first-order valence-corrected chi connectivity index (χ1v) is 10.4. The normalized spacial score (nSPS) is 23.1. The molecular formula is C21H25N3O2S. The zero-order valence-corrected chi connectivity index (χ0v) is 16.4. The third-order valence-corrected chi connectivity index (χ3v) is 6.12. The monoisotopic (exact) mass is 383 g/mol. The van der Waals surface area contributed by atoms with Gasteiger partial charge in [0.1, 0.15) is 5.75 Å². The van der Waals surface area contributed by atoms with Gasteiger partial charge in [0.25, 0.3) is 0 Å². The van der Waals surface area contributed by atoms with Gasteiger partial charge in [0.2, 0.25) is 5.91 Å². The number of hydrogen-bond acceptors (Lipinski definition) is 5. The second-order valence-corrected chi connectivity index (χ2v) is 7.96. The van der Waals surface area contributed by atoms with Crippen molar-refractivity contribution in [1.82, 2.24) is 14.8 Å². The molecule has 2 aromatic rings. The first kappa shape index (κ1) is 18.2. The Morgan fingerprint density at radius 1 is 1.30 bits per heavy atom. The van der Waals surface area contributed by atoms with Crippen molar-refractivity contribution in [2.24, 2.45) is 5.92 Å². The molecule has 1 amide bonds. The Bertz CT molecular complexity index is 806. The minimum Gasteiger partial charge on any atom is -0.496 e. The molecule has 2 atom stereocenters. The Kier molecular flexibility index (Phi) is 5.55. The molecule has 4 heterocycles. The number of thiazole rings is 1. The second kappa shape index (κ2) is 8.23. The van der Waals surface area contributed by atoms with E-state index < -0.39 is 0 Å². The predicted octanol–water partition coefficient (Wildman–Crippen LogP) is 3.29. The summed E-state index contributed by atoms with van der Waals surface area (Å²) in [6, 6.07) is 8.31. The van der Waals surface area contributed by atoms with Crippen molar-refractivity contribution in [3.8, 4) is 5.75 Å². The Morgan fingerprint density at radius 3 is 3.00 bits per heavy atom. The minimum absolute atomic E-state index is 0.113. The Hall–Kier alpha value is -2.18. The number of hydrogen-bond donors (Lipinski definition) is 0. The summed E-state index contributed by atoms with van der Waals surface area (Å²) in [5, 5.41) is 2.04. The molecule has 0 spiro atoms. The summed E-state index contributed by atoms with van der Waals surface area (Å²) in [4.78, 5) is 21.7. The van der Waals surface area contributed by atoms with Crippen LogP contribution in [0.25, 0.3) is 6.08 Å². The molecule has 0 radical (unpaired) electrons. The average Bonchev–Trinajstić information content (AvgIpc) is 3.07. The van der Waals surface area contributed by atoms with Crippen molar-refractivity contribution in [3.63, 3.8) is 0 Å². The van der Waals surface area contributed by atoms with Gasteiger partial charge in [-0.1, -0.05) is 30.4 Å². The molecule has 1 aromatic carbocycles. The lowest BCUT2D eigenvalue weighted by atomic mass is 9.94. The summed E-state index contributed by atoms with van der Waals surface area (Å²) in [6.07, 6.45) is 6.38. The van der Waals surface area contributed by atoms with Crippen molar-refractivity contribution in [2.75, 3.05) is 26.7 Å². The van der Waals surface area contributed by atoms with E-state index >= 15 is 0 Å². The summed E-state index contributed by atoms with van der Waals surface area (Å²) in [6.45, 7) is 3.28. The smallest absolute Gasteiger partial charge is 0.227 e. The third-order valence-electron chi connectivity index (χ3n) is 5.48. The van der Waals surface area contributed by atoms with E-state index in [4.69, 9.17) is 4.74 Å². The molecule has 5 rings (SSSR count). The molecule has 0 unspecified atom stereocenters. The molecular weight excluding hydrogens is 358 g/mol. The topological polar surface area (TPSA) is 45.7 Å². The number of piperidine rings is 1. The van der Waals surface area contributed by atoms with Gasteiger partial charge in [-0.2, -0.15) is 0 Å². The molecule has 0 saturated carbocycles. The predicted molar refractivity (Wildman–Crippen MR) is 108 cm³/mol. The van der Waals surface area contributed by atoms with E-state index in [1.807, 2.05) is 29.1 Å². The van der Waals surface area contributed by atoms with Crippen molar-refractivity contribution < 1.29 is 9.53 Å². The fraction of sp³-hybridized carbons (Fsp3) is 0.429. The van der Waals surface area contributed by atoms with E-state index in [0.29, 0.717) is 12.5 Å². The van der Waals surface area contributed by atoms with Crippen LogP contribution in [0.3, 0.4) is 0 Å². The van der Waals surface area contributed by atoms with Gasteiger partial charge < -0.3 is 9.64 Å². The van der Waals surface area contributed by atoms with Gasteiger partial charge in [0.05, 0.1) is 30.8 Å². The van der Waals surface area contributed by atoms with Crippen molar-refractivity contribution >= 4 is 23.3 Å².